The molecule has 0 saturated heterocycles. The smallest absolute Gasteiger partial charge is 0.213 e. The zero-order chi connectivity index (χ0) is 12.1. The number of hydrogen-bond donors (Lipinski definition) is 2. The van der Waals surface area contributed by atoms with Crippen LogP contribution in [0.25, 0.3) is 0 Å². The van der Waals surface area contributed by atoms with E-state index in [0.29, 0.717) is 11.7 Å². The van der Waals surface area contributed by atoms with Crippen molar-refractivity contribution in [3.05, 3.63) is 42.2 Å². The molecule has 0 bridgehead atoms. The second-order valence-electron chi connectivity index (χ2n) is 3.38. The number of aliphatic hydroxyl groups is 1. The van der Waals surface area contributed by atoms with E-state index in [9.17, 15) is 0 Å². The van der Waals surface area contributed by atoms with Gasteiger partial charge in [-0.15, -0.1) is 0 Å². The SMILES string of the molecule is COc1ccc(Nc2ncccc2CO)cn1. The molecule has 0 unspecified atom stereocenters. The molecule has 0 radical (unpaired) electrons. The van der Waals surface area contributed by atoms with Crippen molar-refractivity contribution in [1.82, 2.24) is 9.97 Å². The third-order valence-electron chi connectivity index (χ3n) is 2.27. The summed E-state index contributed by atoms with van der Waals surface area (Å²) in [6, 6.07) is 7.18. The lowest BCUT2D eigenvalue weighted by Gasteiger charge is -2.08. The first-order valence-corrected chi connectivity index (χ1v) is 5.15. The fraction of sp³-hybridized carbons (Fsp3) is 0.167. The van der Waals surface area contributed by atoms with Gasteiger partial charge in [-0.05, 0) is 12.1 Å². The topological polar surface area (TPSA) is 67.3 Å². The predicted molar refractivity (Wildman–Crippen MR) is 64.2 cm³/mol. The number of hydrogen-bond acceptors (Lipinski definition) is 5. The molecule has 2 N–H and O–H groups in total. The van der Waals surface area contributed by atoms with Gasteiger partial charge >= 0.3 is 0 Å². The monoisotopic (exact) mass is 231 g/mol. The van der Waals surface area contributed by atoms with Crippen LogP contribution in [0.15, 0.2) is 36.7 Å². The minimum atomic E-state index is -0.0558. The highest BCUT2D eigenvalue weighted by atomic mass is 16.5. The van der Waals surface area contributed by atoms with Gasteiger partial charge in [0.15, 0.2) is 0 Å². The number of ether oxygens (including phenoxy) is 1. The maximum absolute atomic E-state index is 9.16. The van der Waals surface area contributed by atoms with Crippen molar-refractivity contribution >= 4 is 11.5 Å². The average Bonchev–Trinajstić information content (AvgIpc) is 2.40. The normalized spacial score (nSPS) is 10.0. The maximum Gasteiger partial charge on any atom is 0.213 e. The van der Waals surface area contributed by atoms with E-state index in [-0.39, 0.29) is 6.61 Å². The fourth-order valence-corrected chi connectivity index (χ4v) is 1.39. The van der Waals surface area contributed by atoms with Crippen LogP contribution in [0.3, 0.4) is 0 Å². The number of aromatic nitrogens is 2. The van der Waals surface area contributed by atoms with Crippen LogP contribution < -0.4 is 10.1 Å². The van der Waals surface area contributed by atoms with Gasteiger partial charge in [0.25, 0.3) is 0 Å². The van der Waals surface area contributed by atoms with Gasteiger partial charge in [-0.25, -0.2) is 9.97 Å². The molecular formula is C12H13N3O2. The van der Waals surface area contributed by atoms with Crippen LogP contribution in [0, 0.1) is 0 Å². The lowest BCUT2D eigenvalue weighted by Crippen LogP contribution is -1.99. The highest BCUT2D eigenvalue weighted by molar-refractivity contribution is 5.58. The van der Waals surface area contributed by atoms with Crippen LogP contribution in [-0.2, 0) is 6.61 Å². The second-order valence-corrected chi connectivity index (χ2v) is 3.38. The van der Waals surface area contributed by atoms with Gasteiger partial charge in [0.05, 0.1) is 25.6 Å². The van der Waals surface area contributed by atoms with E-state index in [2.05, 4.69) is 15.3 Å². The average molecular weight is 231 g/mol. The van der Waals surface area contributed by atoms with E-state index in [1.165, 1.54) is 0 Å². The summed E-state index contributed by atoms with van der Waals surface area (Å²) in [5, 5.41) is 12.2. The van der Waals surface area contributed by atoms with Crippen molar-refractivity contribution in [3.8, 4) is 5.88 Å². The summed E-state index contributed by atoms with van der Waals surface area (Å²) in [5.41, 5.74) is 1.53. The third-order valence-corrected chi connectivity index (χ3v) is 2.27. The third kappa shape index (κ3) is 2.70. The molecule has 5 nitrogen and oxygen atoms in total. The first kappa shape index (κ1) is 11.3. The van der Waals surface area contributed by atoms with Crippen molar-refractivity contribution in [2.45, 2.75) is 6.61 Å². The molecule has 5 heteroatoms. The van der Waals surface area contributed by atoms with E-state index in [1.807, 2.05) is 12.1 Å². The Labute approximate surface area is 99.1 Å². The first-order valence-electron chi connectivity index (χ1n) is 5.15. The Morgan fingerprint density at radius 3 is 2.82 bits per heavy atom. The summed E-state index contributed by atoms with van der Waals surface area (Å²) in [7, 11) is 1.57. The van der Waals surface area contributed by atoms with Gasteiger partial charge in [0.2, 0.25) is 5.88 Å². The number of nitrogens with zero attached hydrogens (tertiary/aromatic N) is 2. The van der Waals surface area contributed by atoms with Gasteiger partial charge in [-0.2, -0.15) is 0 Å². The lowest BCUT2D eigenvalue weighted by atomic mass is 10.2. The molecule has 88 valence electrons. The Bertz CT molecular complexity index is 485. The van der Waals surface area contributed by atoms with Gasteiger partial charge in [0, 0.05) is 17.8 Å². The Hall–Kier alpha value is -2.14. The molecule has 2 aromatic rings. The van der Waals surface area contributed by atoms with Crippen molar-refractivity contribution in [3.63, 3.8) is 0 Å². The minimum absolute atomic E-state index is 0.0558. The fourth-order valence-electron chi connectivity index (χ4n) is 1.39. The molecule has 0 amide bonds. The molecule has 0 saturated carbocycles. The maximum atomic E-state index is 9.16. The molecule has 0 fully saturated rings. The zero-order valence-corrected chi connectivity index (χ0v) is 9.42. The summed E-state index contributed by atoms with van der Waals surface area (Å²) in [6.45, 7) is -0.0558. The summed E-state index contributed by atoms with van der Waals surface area (Å²) >= 11 is 0. The van der Waals surface area contributed by atoms with Gasteiger partial charge < -0.3 is 15.2 Å². The largest absolute Gasteiger partial charge is 0.481 e. The molecule has 0 aliphatic heterocycles. The summed E-state index contributed by atoms with van der Waals surface area (Å²) in [6.07, 6.45) is 3.31. The first-order chi connectivity index (χ1) is 8.33. The number of rotatable bonds is 4. The molecule has 2 heterocycles. The van der Waals surface area contributed by atoms with Crippen molar-refractivity contribution in [1.29, 1.82) is 0 Å². The Morgan fingerprint density at radius 2 is 2.18 bits per heavy atom. The van der Waals surface area contributed by atoms with Crippen LogP contribution in [-0.4, -0.2) is 22.2 Å². The van der Waals surface area contributed by atoms with Crippen LogP contribution >= 0.6 is 0 Å². The summed E-state index contributed by atoms with van der Waals surface area (Å²) < 4.78 is 4.97. The number of nitrogens with one attached hydrogen (secondary N) is 1. The van der Waals surface area contributed by atoms with Crippen LogP contribution in [0.5, 0.6) is 5.88 Å². The van der Waals surface area contributed by atoms with E-state index in [4.69, 9.17) is 9.84 Å². The van der Waals surface area contributed by atoms with Crippen LogP contribution in [0.4, 0.5) is 11.5 Å². The summed E-state index contributed by atoms with van der Waals surface area (Å²) in [5.74, 6) is 1.18. The standard InChI is InChI=1S/C12H13N3O2/c1-17-11-5-4-10(7-14-11)15-12-9(8-16)3-2-6-13-12/h2-7,16H,8H2,1H3,(H,13,15). The number of methoxy groups -OCH3 is 1. The van der Waals surface area contributed by atoms with Gasteiger partial charge in [0.1, 0.15) is 5.82 Å². The second kappa shape index (κ2) is 5.27. The highest BCUT2D eigenvalue weighted by Crippen LogP contribution is 2.18. The highest BCUT2D eigenvalue weighted by Gasteiger charge is 2.02. The van der Waals surface area contributed by atoms with E-state index < -0.39 is 0 Å². The Balaban J connectivity index is 2.19. The zero-order valence-electron chi connectivity index (χ0n) is 9.42. The molecule has 17 heavy (non-hydrogen) atoms. The van der Waals surface area contributed by atoms with E-state index in [1.54, 1.807) is 31.6 Å². The van der Waals surface area contributed by atoms with Gasteiger partial charge in [-0.1, -0.05) is 6.07 Å². The Kier molecular flexibility index (Phi) is 3.52. The van der Waals surface area contributed by atoms with Gasteiger partial charge in [-0.3, -0.25) is 0 Å². The lowest BCUT2D eigenvalue weighted by molar-refractivity contribution is 0.282. The number of aliphatic hydroxyl groups excluding tert-OH is 1. The molecule has 0 aliphatic carbocycles. The Morgan fingerprint density at radius 1 is 1.29 bits per heavy atom. The quantitative estimate of drug-likeness (QED) is 0.838. The van der Waals surface area contributed by atoms with Crippen molar-refractivity contribution < 1.29 is 9.84 Å². The van der Waals surface area contributed by atoms with Crippen LogP contribution in [0.2, 0.25) is 0 Å². The molecule has 0 aromatic carbocycles. The van der Waals surface area contributed by atoms with E-state index in [0.717, 1.165) is 11.3 Å². The molecule has 2 aromatic heterocycles. The number of anilines is 2. The molecule has 0 atom stereocenters. The predicted octanol–water partition coefficient (Wildman–Crippen LogP) is 1.72. The molecular weight excluding hydrogens is 218 g/mol. The van der Waals surface area contributed by atoms with E-state index >= 15 is 0 Å². The molecule has 2 rings (SSSR count). The number of pyridine rings is 2. The molecule has 0 aliphatic rings. The molecule has 0 spiro atoms. The van der Waals surface area contributed by atoms with Crippen molar-refractivity contribution in [2.24, 2.45) is 0 Å². The minimum Gasteiger partial charge on any atom is -0.481 e. The van der Waals surface area contributed by atoms with Crippen LogP contribution in [0.1, 0.15) is 5.56 Å². The summed E-state index contributed by atoms with van der Waals surface area (Å²) in [4.78, 5) is 8.23. The van der Waals surface area contributed by atoms with Crippen molar-refractivity contribution in [2.75, 3.05) is 12.4 Å².